The van der Waals surface area contributed by atoms with E-state index in [1.165, 1.54) is 6.21 Å². The number of azo groups is 1. The number of aryl methyl sites for hydroxylation is 1. The summed E-state index contributed by atoms with van der Waals surface area (Å²) in [6, 6.07) is 19.7. The van der Waals surface area contributed by atoms with Crippen molar-refractivity contribution < 1.29 is 4.79 Å². The summed E-state index contributed by atoms with van der Waals surface area (Å²) in [5, 5.41) is 13.1. The highest BCUT2D eigenvalue weighted by Gasteiger charge is 2.07. The molecule has 0 unspecified atom stereocenters. The van der Waals surface area contributed by atoms with Gasteiger partial charge >= 0.3 is 0 Å². The van der Waals surface area contributed by atoms with Crippen LogP contribution in [0.2, 0.25) is 5.02 Å². The lowest BCUT2D eigenvalue weighted by Crippen LogP contribution is -2.17. The van der Waals surface area contributed by atoms with E-state index in [1.54, 1.807) is 30.3 Å². The first-order chi connectivity index (χ1) is 14.6. The van der Waals surface area contributed by atoms with E-state index in [2.05, 4.69) is 25.7 Å². The normalized spacial score (nSPS) is 11.5. The van der Waals surface area contributed by atoms with Crippen molar-refractivity contribution in [3.63, 3.8) is 0 Å². The van der Waals surface area contributed by atoms with Crippen LogP contribution < -0.4 is 5.43 Å². The number of hydrogen-bond acceptors (Lipinski definition) is 5. The number of amides is 1. The molecule has 0 atom stereocenters. The highest BCUT2D eigenvalue weighted by Crippen LogP contribution is 2.23. The van der Waals surface area contributed by atoms with Gasteiger partial charge in [0.05, 0.1) is 17.6 Å². The number of imidazole rings is 1. The molecule has 0 aliphatic heterocycles. The van der Waals surface area contributed by atoms with Crippen LogP contribution in [0.4, 0.5) is 11.5 Å². The maximum atomic E-state index is 12.2. The van der Waals surface area contributed by atoms with Crippen molar-refractivity contribution in [2.45, 2.75) is 6.92 Å². The van der Waals surface area contributed by atoms with Gasteiger partial charge in [0.25, 0.3) is 5.91 Å². The Hall–Kier alpha value is -3.84. The average molecular weight is 417 g/mol. The number of hydrogen-bond donors (Lipinski definition) is 1. The van der Waals surface area contributed by atoms with E-state index >= 15 is 0 Å². The minimum Gasteiger partial charge on any atom is -0.283 e. The number of nitrogens with zero attached hydrogens (tertiary/aromatic N) is 5. The number of hydrazone groups is 1. The van der Waals surface area contributed by atoms with Gasteiger partial charge < -0.3 is 0 Å². The molecule has 4 rings (SSSR count). The number of aromatic nitrogens is 2. The monoisotopic (exact) mass is 416 g/mol. The minimum absolute atomic E-state index is 0.334. The molecular formula is C22H17ClN6O. The molecule has 2 aromatic carbocycles. The van der Waals surface area contributed by atoms with Crippen LogP contribution in [0.25, 0.3) is 5.65 Å². The maximum absolute atomic E-state index is 12.2. The molecule has 30 heavy (non-hydrogen) atoms. The summed E-state index contributed by atoms with van der Waals surface area (Å²) in [5.74, 6) is 0.334. The number of nitrogens with one attached hydrogen (secondary N) is 1. The molecule has 1 amide bonds. The van der Waals surface area contributed by atoms with E-state index in [0.29, 0.717) is 22.1 Å². The molecule has 0 aliphatic rings. The molecule has 0 saturated carbocycles. The molecule has 0 radical (unpaired) electrons. The van der Waals surface area contributed by atoms with Crippen molar-refractivity contribution in [1.82, 2.24) is 14.8 Å². The number of fused-ring (bicyclic) bond motifs is 1. The van der Waals surface area contributed by atoms with Crippen LogP contribution in [-0.2, 0) is 0 Å². The first-order valence-electron chi connectivity index (χ1n) is 9.15. The number of benzene rings is 2. The third-order valence-electron chi connectivity index (χ3n) is 4.34. The van der Waals surface area contributed by atoms with Gasteiger partial charge in [-0.25, -0.2) is 10.4 Å². The summed E-state index contributed by atoms with van der Waals surface area (Å²) >= 11 is 6.05. The summed E-state index contributed by atoms with van der Waals surface area (Å²) in [6.07, 6.45) is 3.39. The zero-order valence-corrected chi connectivity index (χ0v) is 16.8. The Morgan fingerprint density at radius 2 is 1.80 bits per heavy atom. The second kappa shape index (κ2) is 8.67. The third kappa shape index (κ3) is 4.26. The Balaban J connectivity index is 1.43. The smallest absolute Gasteiger partial charge is 0.271 e. The first-order valence-corrected chi connectivity index (χ1v) is 9.53. The van der Waals surface area contributed by atoms with Gasteiger partial charge in [-0.1, -0.05) is 35.9 Å². The Bertz CT molecular complexity index is 1260. The summed E-state index contributed by atoms with van der Waals surface area (Å²) in [5.41, 5.74) is 5.88. The van der Waals surface area contributed by atoms with Crippen molar-refractivity contribution in [3.8, 4) is 0 Å². The van der Waals surface area contributed by atoms with Crippen molar-refractivity contribution in [2.75, 3.05) is 0 Å². The second-order valence-corrected chi connectivity index (χ2v) is 6.82. The van der Waals surface area contributed by atoms with Crippen molar-refractivity contribution in [1.29, 1.82) is 0 Å². The summed E-state index contributed by atoms with van der Waals surface area (Å²) < 4.78 is 1.87. The summed E-state index contributed by atoms with van der Waals surface area (Å²) in [7, 11) is 0. The number of carbonyl (C=O) groups excluding carboxylic acids is 1. The lowest BCUT2D eigenvalue weighted by molar-refractivity contribution is 0.0955. The van der Waals surface area contributed by atoms with E-state index in [9.17, 15) is 4.79 Å². The SMILES string of the molecule is Cc1nc2ccccn2c1N=Nc1ccc(C(=O)N/N=C/c2ccccc2Cl)cc1. The molecule has 7 nitrogen and oxygen atoms in total. The fraction of sp³-hybridized carbons (Fsp3) is 0.0455. The molecule has 0 spiro atoms. The van der Waals surface area contributed by atoms with Gasteiger partial charge in [-0.3, -0.25) is 9.20 Å². The van der Waals surface area contributed by atoms with Crippen LogP contribution in [0.15, 0.2) is 88.3 Å². The van der Waals surface area contributed by atoms with Crippen LogP contribution in [0.5, 0.6) is 0 Å². The standard InChI is InChI=1S/C22H17ClN6O/c1-15-21(29-13-5-4-8-20(29)25-15)27-26-18-11-9-16(10-12-18)22(30)28-24-14-17-6-2-3-7-19(17)23/h2-14H,1H3,(H,28,30)/b24-14+,27-26?. The summed E-state index contributed by atoms with van der Waals surface area (Å²) in [6.45, 7) is 1.89. The van der Waals surface area contributed by atoms with E-state index in [1.807, 2.05) is 53.9 Å². The fourth-order valence-corrected chi connectivity index (χ4v) is 2.99. The summed E-state index contributed by atoms with van der Waals surface area (Å²) in [4.78, 5) is 16.7. The van der Waals surface area contributed by atoms with Crippen LogP contribution in [-0.4, -0.2) is 21.5 Å². The molecule has 1 N–H and O–H groups in total. The molecular weight excluding hydrogens is 400 g/mol. The van der Waals surface area contributed by atoms with Crippen molar-refractivity contribution >= 4 is 40.9 Å². The topological polar surface area (TPSA) is 83.5 Å². The van der Waals surface area contributed by atoms with E-state index < -0.39 is 0 Å². The predicted octanol–water partition coefficient (Wildman–Crippen LogP) is 5.48. The number of pyridine rings is 1. The third-order valence-corrected chi connectivity index (χ3v) is 4.68. The van der Waals surface area contributed by atoms with E-state index in [-0.39, 0.29) is 5.91 Å². The second-order valence-electron chi connectivity index (χ2n) is 6.42. The lowest BCUT2D eigenvalue weighted by atomic mass is 10.2. The molecule has 8 heteroatoms. The zero-order valence-electron chi connectivity index (χ0n) is 16.0. The van der Waals surface area contributed by atoms with Gasteiger partial charge in [0.15, 0.2) is 5.82 Å². The molecule has 148 valence electrons. The highest BCUT2D eigenvalue weighted by atomic mass is 35.5. The van der Waals surface area contributed by atoms with Gasteiger partial charge in [0.1, 0.15) is 5.65 Å². The minimum atomic E-state index is -0.334. The molecule has 0 aliphatic carbocycles. The van der Waals surface area contributed by atoms with Crippen LogP contribution in [0.3, 0.4) is 0 Å². The van der Waals surface area contributed by atoms with E-state index in [4.69, 9.17) is 11.6 Å². The quantitative estimate of drug-likeness (QED) is 0.265. The molecule has 2 heterocycles. The average Bonchev–Trinajstić information content (AvgIpc) is 3.09. The number of rotatable bonds is 5. The van der Waals surface area contributed by atoms with Crippen molar-refractivity contribution in [2.24, 2.45) is 15.3 Å². The maximum Gasteiger partial charge on any atom is 0.271 e. The Morgan fingerprint density at radius 1 is 1.03 bits per heavy atom. The molecule has 0 bridgehead atoms. The molecule has 0 fully saturated rings. The Morgan fingerprint density at radius 3 is 2.60 bits per heavy atom. The van der Waals surface area contributed by atoms with Crippen LogP contribution >= 0.6 is 11.6 Å². The molecule has 2 aromatic heterocycles. The number of carbonyl (C=O) groups is 1. The zero-order chi connectivity index (χ0) is 20.9. The molecule has 0 saturated heterocycles. The largest absolute Gasteiger partial charge is 0.283 e. The van der Waals surface area contributed by atoms with Gasteiger partial charge in [0, 0.05) is 22.3 Å². The van der Waals surface area contributed by atoms with Crippen molar-refractivity contribution in [3.05, 3.63) is 94.8 Å². The van der Waals surface area contributed by atoms with Gasteiger partial charge in [-0.05, 0) is 49.4 Å². The number of halogens is 1. The highest BCUT2D eigenvalue weighted by molar-refractivity contribution is 6.33. The lowest BCUT2D eigenvalue weighted by Gasteiger charge is -2.01. The predicted molar refractivity (Wildman–Crippen MR) is 117 cm³/mol. The van der Waals surface area contributed by atoms with Crippen LogP contribution in [0.1, 0.15) is 21.6 Å². The Kier molecular flexibility index (Phi) is 5.63. The van der Waals surface area contributed by atoms with Gasteiger partial charge in [-0.15, -0.1) is 10.2 Å². The fourth-order valence-electron chi connectivity index (χ4n) is 2.81. The van der Waals surface area contributed by atoms with Crippen LogP contribution in [0, 0.1) is 6.92 Å². The van der Waals surface area contributed by atoms with Gasteiger partial charge in [0.2, 0.25) is 0 Å². The van der Waals surface area contributed by atoms with Gasteiger partial charge in [-0.2, -0.15) is 5.10 Å². The molecule has 4 aromatic rings. The Labute approximate surface area is 177 Å². The van der Waals surface area contributed by atoms with E-state index in [0.717, 1.165) is 16.9 Å². The first kappa shape index (κ1) is 19.5.